The average molecular weight is 241 g/mol. The first-order valence-electron chi connectivity index (χ1n) is 6.27. The summed E-state index contributed by atoms with van der Waals surface area (Å²) in [5.41, 5.74) is 0. The highest BCUT2D eigenvalue weighted by atomic mass is 16.2. The maximum absolute atomic E-state index is 11.9. The quantitative estimate of drug-likeness (QED) is 0.734. The van der Waals surface area contributed by atoms with Crippen molar-refractivity contribution in [2.24, 2.45) is 0 Å². The van der Waals surface area contributed by atoms with E-state index in [-0.39, 0.29) is 17.9 Å². The van der Waals surface area contributed by atoms with Crippen molar-refractivity contribution in [3.63, 3.8) is 0 Å². The highest BCUT2D eigenvalue weighted by molar-refractivity contribution is 5.78. The minimum Gasteiger partial charge on any atom is -0.352 e. The summed E-state index contributed by atoms with van der Waals surface area (Å²) in [7, 11) is 0. The van der Waals surface area contributed by atoms with E-state index in [1.165, 1.54) is 6.92 Å². The molecule has 0 aromatic carbocycles. The molecule has 1 saturated heterocycles. The Balaban J connectivity index is 2.37. The molecule has 1 unspecified atom stereocenters. The number of piperidine rings is 1. The van der Waals surface area contributed by atoms with Gasteiger partial charge in [0, 0.05) is 32.1 Å². The molecule has 1 heterocycles. The van der Waals surface area contributed by atoms with E-state index in [0.29, 0.717) is 19.1 Å². The molecular formula is C12H23N3O2. The lowest BCUT2D eigenvalue weighted by Crippen LogP contribution is -2.51. The van der Waals surface area contributed by atoms with Gasteiger partial charge in [-0.1, -0.05) is 13.8 Å². The van der Waals surface area contributed by atoms with E-state index in [0.717, 1.165) is 19.4 Å². The van der Waals surface area contributed by atoms with Crippen molar-refractivity contribution in [3.8, 4) is 0 Å². The summed E-state index contributed by atoms with van der Waals surface area (Å²) in [6.45, 7) is 7.37. The smallest absolute Gasteiger partial charge is 0.236 e. The highest BCUT2D eigenvalue weighted by Crippen LogP contribution is 2.10. The van der Waals surface area contributed by atoms with E-state index >= 15 is 0 Å². The van der Waals surface area contributed by atoms with Gasteiger partial charge in [-0.15, -0.1) is 0 Å². The first-order chi connectivity index (χ1) is 7.99. The van der Waals surface area contributed by atoms with E-state index in [9.17, 15) is 9.59 Å². The van der Waals surface area contributed by atoms with Crippen LogP contribution in [0.25, 0.3) is 0 Å². The van der Waals surface area contributed by atoms with E-state index in [1.807, 2.05) is 18.7 Å². The van der Waals surface area contributed by atoms with Crippen molar-refractivity contribution in [2.45, 2.75) is 45.7 Å². The molecule has 5 nitrogen and oxygen atoms in total. The second kappa shape index (κ2) is 6.59. The molecule has 0 bridgehead atoms. The largest absolute Gasteiger partial charge is 0.352 e. The first-order valence-corrected chi connectivity index (χ1v) is 6.27. The maximum Gasteiger partial charge on any atom is 0.236 e. The third-order valence-electron chi connectivity index (χ3n) is 2.84. The molecular weight excluding hydrogens is 218 g/mol. The van der Waals surface area contributed by atoms with Crippen molar-refractivity contribution in [1.82, 2.24) is 15.5 Å². The molecule has 0 aliphatic carbocycles. The number of hydrogen-bond donors (Lipinski definition) is 2. The number of amides is 2. The summed E-state index contributed by atoms with van der Waals surface area (Å²) in [4.78, 5) is 24.7. The molecule has 2 N–H and O–H groups in total. The van der Waals surface area contributed by atoms with E-state index < -0.39 is 0 Å². The fraction of sp³-hybridized carbons (Fsp3) is 0.833. The Morgan fingerprint density at radius 2 is 2.12 bits per heavy atom. The summed E-state index contributed by atoms with van der Waals surface area (Å²) in [5.74, 6) is 0.0957. The lowest BCUT2D eigenvalue weighted by atomic mass is 10.1. The Morgan fingerprint density at radius 3 is 2.71 bits per heavy atom. The Morgan fingerprint density at radius 1 is 1.41 bits per heavy atom. The van der Waals surface area contributed by atoms with Gasteiger partial charge in [0.1, 0.15) is 0 Å². The fourth-order valence-corrected chi connectivity index (χ4v) is 2.01. The van der Waals surface area contributed by atoms with Crippen LogP contribution in [-0.4, -0.2) is 48.4 Å². The summed E-state index contributed by atoms with van der Waals surface area (Å²) in [6, 6.07) is 0.430. The van der Waals surface area contributed by atoms with Crippen LogP contribution in [0.5, 0.6) is 0 Å². The lowest BCUT2D eigenvalue weighted by Gasteiger charge is -2.33. The topological polar surface area (TPSA) is 61.4 Å². The summed E-state index contributed by atoms with van der Waals surface area (Å²) in [5, 5.41) is 6.00. The summed E-state index contributed by atoms with van der Waals surface area (Å²) >= 11 is 0. The van der Waals surface area contributed by atoms with Gasteiger partial charge in [0.05, 0.1) is 6.54 Å². The molecule has 5 heteroatoms. The molecule has 0 aromatic heterocycles. The van der Waals surface area contributed by atoms with Crippen molar-refractivity contribution < 1.29 is 9.59 Å². The standard InChI is InChI=1S/C12H23N3O2/c1-9(2)13-7-12(17)15-6-4-5-11(8-15)14-10(3)16/h9,11,13H,4-8H2,1-3H3,(H,14,16). The Bertz CT molecular complexity index is 279. The van der Waals surface area contributed by atoms with Gasteiger partial charge < -0.3 is 15.5 Å². The van der Waals surface area contributed by atoms with Crippen molar-refractivity contribution >= 4 is 11.8 Å². The maximum atomic E-state index is 11.9. The van der Waals surface area contributed by atoms with Crippen LogP contribution in [0.1, 0.15) is 33.6 Å². The lowest BCUT2D eigenvalue weighted by molar-refractivity contribution is -0.132. The molecule has 1 rings (SSSR count). The van der Waals surface area contributed by atoms with Crippen LogP contribution in [0.4, 0.5) is 0 Å². The zero-order valence-corrected chi connectivity index (χ0v) is 11.0. The monoisotopic (exact) mass is 241 g/mol. The van der Waals surface area contributed by atoms with Gasteiger partial charge in [-0.25, -0.2) is 0 Å². The average Bonchev–Trinajstić information content (AvgIpc) is 2.25. The SMILES string of the molecule is CC(=O)NC1CCCN(C(=O)CNC(C)C)C1. The number of rotatable bonds is 4. The van der Waals surface area contributed by atoms with Crippen LogP contribution in [0.3, 0.4) is 0 Å². The van der Waals surface area contributed by atoms with Crippen molar-refractivity contribution in [2.75, 3.05) is 19.6 Å². The Labute approximate surface area is 103 Å². The second-order valence-corrected chi connectivity index (χ2v) is 4.92. The molecule has 2 amide bonds. The third kappa shape index (κ3) is 5.17. The van der Waals surface area contributed by atoms with Crippen molar-refractivity contribution in [3.05, 3.63) is 0 Å². The molecule has 1 aliphatic rings. The molecule has 1 aliphatic heterocycles. The second-order valence-electron chi connectivity index (χ2n) is 4.92. The van der Waals surface area contributed by atoms with Gasteiger partial charge in [-0.05, 0) is 12.8 Å². The minimum absolute atomic E-state index is 0.0235. The van der Waals surface area contributed by atoms with Gasteiger partial charge in [0.25, 0.3) is 0 Å². The van der Waals surface area contributed by atoms with Gasteiger partial charge in [-0.3, -0.25) is 9.59 Å². The minimum atomic E-state index is -0.0235. The summed E-state index contributed by atoms with van der Waals surface area (Å²) < 4.78 is 0. The third-order valence-corrected chi connectivity index (χ3v) is 2.84. The molecule has 17 heavy (non-hydrogen) atoms. The molecule has 0 aromatic rings. The zero-order chi connectivity index (χ0) is 12.8. The molecule has 98 valence electrons. The van der Waals surface area contributed by atoms with Gasteiger partial charge in [0.2, 0.25) is 11.8 Å². The van der Waals surface area contributed by atoms with Gasteiger partial charge in [-0.2, -0.15) is 0 Å². The van der Waals surface area contributed by atoms with Gasteiger partial charge in [0.15, 0.2) is 0 Å². The molecule has 0 saturated carbocycles. The van der Waals surface area contributed by atoms with Crippen molar-refractivity contribution in [1.29, 1.82) is 0 Å². The predicted molar refractivity (Wildman–Crippen MR) is 66.6 cm³/mol. The normalized spacial score (nSPS) is 20.5. The Kier molecular flexibility index (Phi) is 5.41. The molecule has 1 fully saturated rings. The summed E-state index contributed by atoms with van der Waals surface area (Å²) in [6.07, 6.45) is 1.92. The molecule has 0 spiro atoms. The van der Waals surface area contributed by atoms with Crippen LogP contribution in [0.2, 0.25) is 0 Å². The van der Waals surface area contributed by atoms with E-state index in [2.05, 4.69) is 10.6 Å². The van der Waals surface area contributed by atoms with Crippen LogP contribution in [0.15, 0.2) is 0 Å². The van der Waals surface area contributed by atoms with Crippen LogP contribution < -0.4 is 10.6 Å². The Hall–Kier alpha value is -1.10. The number of nitrogens with zero attached hydrogens (tertiary/aromatic N) is 1. The molecule has 1 atom stereocenters. The number of carbonyl (C=O) groups is 2. The highest BCUT2D eigenvalue weighted by Gasteiger charge is 2.23. The van der Waals surface area contributed by atoms with Gasteiger partial charge >= 0.3 is 0 Å². The predicted octanol–water partition coefficient (Wildman–Crippen LogP) is 0.112. The zero-order valence-electron chi connectivity index (χ0n) is 11.0. The van der Waals surface area contributed by atoms with Crippen LogP contribution in [-0.2, 0) is 9.59 Å². The number of carbonyl (C=O) groups excluding carboxylic acids is 2. The first kappa shape index (κ1) is 14.0. The number of likely N-dealkylation sites (tertiary alicyclic amines) is 1. The van der Waals surface area contributed by atoms with E-state index in [1.54, 1.807) is 0 Å². The number of nitrogens with one attached hydrogen (secondary N) is 2. The molecule has 0 radical (unpaired) electrons. The van der Waals surface area contributed by atoms with Crippen LogP contribution >= 0.6 is 0 Å². The number of hydrogen-bond acceptors (Lipinski definition) is 3. The van der Waals surface area contributed by atoms with Crippen LogP contribution in [0, 0.1) is 0 Å². The fourth-order valence-electron chi connectivity index (χ4n) is 2.01. The van der Waals surface area contributed by atoms with E-state index in [4.69, 9.17) is 0 Å².